The lowest BCUT2D eigenvalue weighted by Gasteiger charge is -2.27. The highest BCUT2D eigenvalue weighted by atomic mass is 16.2. The third-order valence-electron chi connectivity index (χ3n) is 3.97. The molecule has 1 aliphatic rings. The Labute approximate surface area is 121 Å². The van der Waals surface area contributed by atoms with Crippen LogP contribution in [0.1, 0.15) is 23.2 Å². The van der Waals surface area contributed by atoms with Crippen molar-refractivity contribution in [2.45, 2.75) is 12.8 Å². The third kappa shape index (κ3) is 3.73. The summed E-state index contributed by atoms with van der Waals surface area (Å²) >= 11 is 0. The van der Waals surface area contributed by atoms with Crippen molar-refractivity contribution in [3.8, 4) is 0 Å². The highest BCUT2D eigenvalue weighted by Crippen LogP contribution is 2.16. The van der Waals surface area contributed by atoms with Crippen molar-refractivity contribution in [1.82, 2.24) is 10.2 Å². The van der Waals surface area contributed by atoms with E-state index in [9.17, 15) is 4.79 Å². The highest BCUT2D eigenvalue weighted by molar-refractivity contribution is 5.94. The molecule has 1 amide bonds. The predicted octanol–water partition coefficient (Wildman–Crippen LogP) is 1.82. The summed E-state index contributed by atoms with van der Waals surface area (Å²) in [6, 6.07) is 7.81. The fourth-order valence-electron chi connectivity index (χ4n) is 2.66. The first-order valence-electron chi connectivity index (χ1n) is 7.31. The molecule has 110 valence electrons. The Morgan fingerprint density at radius 1 is 1.15 bits per heavy atom. The van der Waals surface area contributed by atoms with Crippen LogP contribution in [0.15, 0.2) is 24.3 Å². The highest BCUT2D eigenvalue weighted by Gasteiger charge is 2.18. The Kier molecular flexibility index (Phi) is 5.01. The van der Waals surface area contributed by atoms with E-state index < -0.39 is 0 Å². The molecule has 0 radical (unpaired) electrons. The molecule has 1 aromatic carbocycles. The molecule has 1 saturated heterocycles. The molecule has 0 aliphatic carbocycles. The molecule has 0 saturated carbocycles. The number of benzene rings is 1. The summed E-state index contributed by atoms with van der Waals surface area (Å²) in [5.74, 6) is 0.750. The van der Waals surface area contributed by atoms with Gasteiger partial charge >= 0.3 is 0 Å². The van der Waals surface area contributed by atoms with Gasteiger partial charge in [0.2, 0.25) is 0 Å². The van der Waals surface area contributed by atoms with E-state index in [1.807, 2.05) is 55.2 Å². The molecule has 0 spiro atoms. The maximum Gasteiger partial charge on any atom is 0.253 e. The molecular formula is C16H25N3O. The number of piperidine rings is 1. The van der Waals surface area contributed by atoms with Gasteiger partial charge in [-0.25, -0.2) is 0 Å². The van der Waals surface area contributed by atoms with Gasteiger partial charge in [0.1, 0.15) is 0 Å². The Morgan fingerprint density at radius 3 is 2.30 bits per heavy atom. The first-order chi connectivity index (χ1) is 9.58. The standard InChI is InChI=1S/C16H25N3O/c1-18(2)15-6-4-14(5-7-15)16(20)19(3)12-13-8-10-17-11-9-13/h4-7,13,17H,8-12H2,1-3H3. The van der Waals surface area contributed by atoms with E-state index in [2.05, 4.69) is 5.32 Å². The van der Waals surface area contributed by atoms with Gasteiger partial charge in [0.15, 0.2) is 0 Å². The third-order valence-corrected chi connectivity index (χ3v) is 3.97. The van der Waals surface area contributed by atoms with E-state index in [0.29, 0.717) is 5.92 Å². The van der Waals surface area contributed by atoms with Gasteiger partial charge in [0.25, 0.3) is 5.91 Å². The number of hydrogen-bond donors (Lipinski definition) is 1. The van der Waals surface area contributed by atoms with Crippen LogP contribution in [-0.2, 0) is 0 Å². The molecule has 1 aromatic rings. The summed E-state index contributed by atoms with van der Waals surface area (Å²) in [6.45, 7) is 3.00. The predicted molar refractivity (Wildman–Crippen MR) is 83.3 cm³/mol. The van der Waals surface area contributed by atoms with E-state index in [1.54, 1.807) is 0 Å². The van der Waals surface area contributed by atoms with Crippen molar-refractivity contribution >= 4 is 11.6 Å². The summed E-state index contributed by atoms with van der Waals surface area (Å²) in [5.41, 5.74) is 1.88. The molecule has 0 atom stereocenters. The van der Waals surface area contributed by atoms with E-state index in [0.717, 1.165) is 43.7 Å². The van der Waals surface area contributed by atoms with Crippen molar-refractivity contribution in [2.24, 2.45) is 5.92 Å². The Morgan fingerprint density at radius 2 is 1.75 bits per heavy atom. The molecule has 1 heterocycles. The molecular weight excluding hydrogens is 250 g/mol. The van der Waals surface area contributed by atoms with Gasteiger partial charge in [0, 0.05) is 38.9 Å². The summed E-state index contributed by atoms with van der Waals surface area (Å²) < 4.78 is 0. The van der Waals surface area contributed by atoms with Gasteiger partial charge in [-0.15, -0.1) is 0 Å². The number of anilines is 1. The largest absolute Gasteiger partial charge is 0.378 e. The number of nitrogens with one attached hydrogen (secondary N) is 1. The smallest absolute Gasteiger partial charge is 0.253 e. The van der Waals surface area contributed by atoms with E-state index in [4.69, 9.17) is 0 Å². The molecule has 0 bridgehead atoms. The normalized spacial score (nSPS) is 15.9. The fraction of sp³-hybridized carbons (Fsp3) is 0.562. The van der Waals surface area contributed by atoms with Crippen molar-refractivity contribution < 1.29 is 4.79 Å². The first kappa shape index (κ1) is 14.9. The van der Waals surface area contributed by atoms with Gasteiger partial charge < -0.3 is 15.1 Å². The topological polar surface area (TPSA) is 35.6 Å². The van der Waals surface area contributed by atoms with E-state index >= 15 is 0 Å². The second kappa shape index (κ2) is 6.75. The van der Waals surface area contributed by atoms with E-state index in [1.165, 1.54) is 0 Å². The summed E-state index contributed by atoms with van der Waals surface area (Å²) in [5, 5.41) is 3.36. The van der Waals surface area contributed by atoms with Gasteiger partial charge in [-0.1, -0.05) is 0 Å². The van der Waals surface area contributed by atoms with Crippen LogP contribution >= 0.6 is 0 Å². The maximum atomic E-state index is 12.4. The molecule has 2 rings (SSSR count). The molecule has 0 unspecified atom stereocenters. The van der Waals surface area contributed by atoms with Gasteiger partial charge in [-0.05, 0) is 56.1 Å². The Bertz CT molecular complexity index is 436. The zero-order chi connectivity index (χ0) is 14.5. The average Bonchev–Trinajstić information content (AvgIpc) is 2.47. The van der Waals surface area contributed by atoms with Gasteiger partial charge in [0.05, 0.1) is 0 Å². The number of amides is 1. The van der Waals surface area contributed by atoms with Crippen molar-refractivity contribution in [2.75, 3.05) is 45.7 Å². The molecule has 4 nitrogen and oxygen atoms in total. The van der Waals surface area contributed by atoms with Crippen molar-refractivity contribution in [1.29, 1.82) is 0 Å². The minimum atomic E-state index is 0.119. The minimum Gasteiger partial charge on any atom is -0.378 e. The van der Waals surface area contributed by atoms with Crippen LogP contribution in [0.25, 0.3) is 0 Å². The number of rotatable bonds is 4. The second-order valence-corrected chi connectivity index (χ2v) is 5.82. The van der Waals surface area contributed by atoms with Crippen LogP contribution in [0.5, 0.6) is 0 Å². The lowest BCUT2D eigenvalue weighted by Crippen LogP contribution is -2.37. The minimum absolute atomic E-state index is 0.119. The average molecular weight is 275 g/mol. The Hall–Kier alpha value is -1.55. The maximum absolute atomic E-state index is 12.4. The first-order valence-corrected chi connectivity index (χ1v) is 7.31. The quantitative estimate of drug-likeness (QED) is 0.910. The molecule has 4 heteroatoms. The van der Waals surface area contributed by atoms with Crippen LogP contribution in [0, 0.1) is 5.92 Å². The Balaban J connectivity index is 1.95. The molecule has 1 N–H and O–H groups in total. The van der Waals surface area contributed by atoms with Crippen LogP contribution in [0.3, 0.4) is 0 Å². The van der Waals surface area contributed by atoms with Gasteiger partial charge in [-0.3, -0.25) is 4.79 Å². The van der Waals surface area contributed by atoms with Gasteiger partial charge in [-0.2, -0.15) is 0 Å². The fourth-order valence-corrected chi connectivity index (χ4v) is 2.66. The number of hydrogen-bond acceptors (Lipinski definition) is 3. The number of carbonyl (C=O) groups excluding carboxylic acids is 1. The molecule has 1 aliphatic heterocycles. The summed E-state index contributed by atoms with van der Waals surface area (Å²) in [4.78, 5) is 16.3. The number of carbonyl (C=O) groups is 1. The molecule has 0 aromatic heterocycles. The summed E-state index contributed by atoms with van der Waals surface area (Å²) in [7, 11) is 5.91. The van der Waals surface area contributed by atoms with Crippen LogP contribution in [0.2, 0.25) is 0 Å². The van der Waals surface area contributed by atoms with E-state index in [-0.39, 0.29) is 5.91 Å². The monoisotopic (exact) mass is 275 g/mol. The molecule has 1 fully saturated rings. The van der Waals surface area contributed by atoms with Crippen LogP contribution < -0.4 is 10.2 Å². The van der Waals surface area contributed by atoms with Crippen molar-refractivity contribution in [3.63, 3.8) is 0 Å². The lowest BCUT2D eigenvalue weighted by molar-refractivity contribution is 0.0763. The van der Waals surface area contributed by atoms with Crippen LogP contribution in [0.4, 0.5) is 5.69 Å². The number of nitrogens with zero attached hydrogens (tertiary/aromatic N) is 2. The summed E-state index contributed by atoms with van der Waals surface area (Å²) in [6.07, 6.45) is 2.33. The molecule has 20 heavy (non-hydrogen) atoms. The lowest BCUT2D eigenvalue weighted by atomic mass is 9.97. The van der Waals surface area contributed by atoms with Crippen LogP contribution in [-0.4, -0.2) is 51.6 Å². The van der Waals surface area contributed by atoms with Crippen molar-refractivity contribution in [3.05, 3.63) is 29.8 Å². The zero-order valence-corrected chi connectivity index (χ0v) is 12.7. The SMILES string of the molecule is CN(CC1CCNCC1)C(=O)c1ccc(N(C)C)cc1. The second-order valence-electron chi connectivity index (χ2n) is 5.82. The zero-order valence-electron chi connectivity index (χ0n) is 12.7.